The summed E-state index contributed by atoms with van der Waals surface area (Å²) < 4.78 is 0. The molecule has 0 radical (unpaired) electrons. The number of hydrogen-bond acceptors (Lipinski definition) is 2. The van der Waals surface area contributed by atoms with E-state index < -0.39 is 0 Å². The standard InChI is InChI=1S/C17H24ClN3OS/c1-12-10-17(2,3)20-16(23)21(12)9-8-15(22)19-11-13-4-6-14(18)7-5-13/h4-7,12H,8-11H2,1-3H3,(H,19,22)(H,20,23)/t12-/m0/s1. The van der Waals surface area contributed by atoms with Gasteiger partial charge in [0.05, 0.1) is 0 Å². The largest absolute Gasteiger partial charge is 0.358 e. The van der Waals surface area contributed by atoms with Crippen molar-refractivity contribution in [3.8, 4) is 0 Å². The summed E-state index contributed by atoms with van der Waals surface area (Å²) in [4.78, 5) is 14.1. The van der Waals surface area contributed by atoms with Gasteiger partial charge in [0.2, 0.25) is 5.91 Å². The van der Waals surface area contributed by atoms with Gasteiger partial charge in [-0.2, -0.15) is 0 Å². The number of nitrogens with zero attached hydrogens (tertiary/aromatic N) is 1. The van der Waals surface area contributed by atoms with Crippen LogP contribution in [-0.2, 0) is 11.3 Å². The lowest BCUT2D eigenvalue weighted by atomic mass is 9.93. The predicted octanol–water partition coefficient (Wildman–Crippen LogP) is 3.09. The molecule has 1 fully saturated rings. The molecule has 2 rings (SSSR count). The molecule has 0 spiro atoms. The highest BCUT2D eigenvalue weighted by Gasteiger charge is 2.32. The van der Waals surface area contributed by atoms with Gasteiger partial charge in [-0.05, 0) is 57.1 Å². The van der Waals surface area contributed by atoms with Crippen molar-refractivity contribution in [2.24, 2.45) is 0 Å². The van der Waals surface area contributed by atoms with E-state index in [2.05, 4.69) is 36.3 Å². The van der Waals surface area contributed by atoms with Crippen LogP contribution in [0, 0.1) is 0 Å². The molecular weight excluding hydrogens is 330 g/mol. The van der Waals surface area contributed by atoms with Gasteiger partial charge in [-0.1, -0.05) is 23.7 Å². The van der Waals surface area contributed by atoms with E-state index >= 15 is 0 Å². The molecule has 2 N–H and O–H groups in total. The molecule has 0 aliphatic carbocycles. The van der Waals surface area contributed by atoms with Gasteiger partial charge in [-0.15, -0.1) is 0 Å². The Morgan fingerprint density at radius 3 is 2.70 bits per heavy atom. The molecular formula is C17H24ClN3OS. The minimum absolute atomic E-state index is 0.0177. The highest BCUT2D eigenvalue weighted by Crippen LogP contribution is 2.22. The zero-order valence-electron chi connectivity index (χ0n) is 13.9. The van der Waals surface area contributed by atoms with Crippen molar-refractivity contribution in [1.82, 2.24) is 15.5 Å². The summed E-state index contributed by atoms with van der Waals surface area (Å²) in [5, 5.41) is 7.70. The Kier molecular flexibility index (Phi) is 5.87. The highest BCUT2D eigenvalue weighted by molar-refractivity contribution is 7.80. The van der Waals surface area contributed by atoms with E-state index in [0.29, 0.717) is 30.6 Å². The Hall–Kier alpha value is -1.33. The van der Waals surface area contributed by atoms with Gasteiger partial charge in [0.1, 0.15) is 0 Å². The molecule has 1 amide bonds. The van der Waals surface area contributed by atoms with Crippen LogP contribution in [0.1, 0.15) is 39.2 Å². The van der Waals surface area contributed by atoms with Gasteiger partial charge >= 0.3 is 0 Å². The summed E-state index contributed by atoms with van der Waals surface area (Å²) in [6.45, 7) is 7.59. The van der Waals surface area contributed by atoms with E-state index in [0.717, 1.165) is 17.1 Å². The number of rotatable bonds is 5. The van der Waals surface area contributed by atoms with E-state index in [1.54, 1.807) is 0 Å². The lowest BCUT2D eigenvalue weighted by Crippen LogP contribution is -2.60. The first-order valence-electron chi connectivity index (χ1n) is 7.87. The lowest BCUT2D eigenvalue weighted by molar-refractivity contribution is -0.121. The molecule has 6 heteroatoms. The van der Waals surface area contributed by atoms with Crippen LogP contribution < -0.4 is 10.6 Å². The minimum Gasteiger partial charge on any atom is -0.358 e. The fourth-order valence-electron chi connectivity index (χ4n) is 2.90. The van der Waals surface area contributed by atoms with Crippen LogP contribution in [0.25, 0.3) is 0 Å². The number of nitrogens with one attached hydrogen (secondary N) is 2. The Morgan fingerprint density at radius 2 is 2.09 bits per heavy atom. The molecule has 1 heterocycles. The number of thiocarbonyl (C=S) groups is 1. The van der Waals surface area contributed by atoms with Gasteiger partial charge in [0.15, 0.2) is 5.11 Å². The molecule has 1 atom stereocenters. The monoisotopic (exact) mass is 353 g/mol. The van der Waals surface area contributed by atoms with E-state index in [4.69, 9.17) is 23.8 Å². The maximum Gasteiger partial charge on any atom is 0.222 e. The summed E-state index contributed by atoms with van der Waals surface area (Å²) in [5.41, 5.74) is 1.05. The average Bonchev–Trinajstić information content (AvgIpc) is 2.44. The fourth-order valence-corrected chi connectivity index (χ4v) is 3.57. The summed E-state index contributed by atoms with van der Waals surface area (Å²) in [6.07, 6.45) is 1.43. The van der Waals surface area contributed by atoms with Gasteiger partial charge < -0.3 is 15.5 Å². The molecule has 0 bridgehead atoms. The first kappa shape index (κ1) is 18.0. The third-order valence-electron chi connectivity index (χ3n) is 4.03. The maximum atomic E-state index is 12.0. The van der Waals surface area contributed by atoms with Crippen LogP contribution in [-0.4, -0.2) is 34.0 Å². The number of carbonyl (C=O) groups is 1. The van der Waals surface area contributed by atoms with Crippen LogP contribution in [0.2, 0.25) is 5.02 Å². The summed E-state index contributed by atoms with van der Waals surface area (Å²) in [7, 11) is 0. The number of carbonyl (C=O) groups excluding carboxylic acids is 1. The molecule has 4 nitrogen and oxygen atoms in total. The van der Waals surface area contributed by atoms with Crippen molar-refractivity contribution >= 4 is 34.8 Å². The first-order chi connectivity index (χ1) is 10.8. The smallest absolute Gasteiger partial charge is 0.222 e. The van der Waals surface area contributed by atoms with Crippen molar-refractivity contribution in [3.05, 3.63) is 34.9 Å². The molecule has 0 aromatic heterocycles. The maximum absolute atomic E-state index is 12.0. The van der Waals surface area contributed by atoms with Crippen molar-refractivity contribution in [1.29, 1.82) is 0 Å². The number of benzene rings is 1. The van der Waals surface area contributed by atoms with Crippen molar-refractivity contribution < 1.29 is 4.79 Å². The Balaban J connectivity index is 1.78. The molecule has 1 aromatic carbocycles. The van der Waals surface area contributed by atoms with Crippen LogP contribution in [0.3, 0.4) is 0 Å². The van der Waals surface area contributed by atoms with E-state index in [9.17, 15) is 4.79 Å². The minimum atomic E-state index is 0.0177. The number of amides is 1. The third-order valence-corrected chi connectivity index (χ3v) is 4.62. The number of hydrogen-bond donors (Lipinski definition) is 2. The molecule has 1 saturated heterocycles. The van der Waals surface area contributed by atoms with Gasteiger partial charge in [-0.3, -0.25) is 4.79 Å². The van der Waals surface area contributed by atoms with Crippen LogP contribution >= 0.6 is 23.8 Å². The number of halogens is 1. The van der Waals surface area contributed by atoms with Crippen LogP contribution in [0.4, 0.5) is 0 Å². The molecule has 1 aromatic rings. The average molecular weight is 354 g/mol. The molecule has 0 saturated carbocycles. The Labute approximate surface area is 148 Å². The van der Waals surface area contributed by atoms with Crippen molar-refractivity contribution in [2.75, 3.05) is 6.54 Å². The summed E-state index contributed by atoms with van der Waals surface area (Å²) in [6, 6.07) is 7.81. The summed E-state index contributed by atoms with van der Waals surface area (Å²) in [5.74, 6) is 0.0276. The third kappa shape index (κ3) is 5.36. The van der Waals surface area contributed by atoms with Gasteiger partial charge in [-0.25, -0.2) is 0 Å². The van der Waals surface area contributed by atoms with Crippen molar-refractivity contribution in [2.45, 2.75) is 51.7 Å². The first-order valence-corrected chi connectivity index (χ1v) is 8.65. The molecule has 1 aliphatic heterocycles. The molecule has 126 valence electrons. The summed E-state index contributed by atoms with van der Waals surface area (Å²) >= 11 is 11.3. The van der Waals surface area contributed by atoms with Gasteiger partial charge in [0.25, 0.3) is 0 Å². The van der Waals surface area contributed by atoms with Crippen LogP contribution in [0.15, 0.2) is 24.3 Å². The Morgan fingerprint density at radius 1 is 1.43 bits per heavy atom. The second kappa shape index (κ2) is 7.49. The fraction of sp³-hybridized carbons (Fsp3) is 0.529. The molecule has 1 aliphatic rings. The van der Waals surface area contributed by atoms with E-state index in [1.807, 2.05) is 24.3 Å². The molecule has 23 heavy (non-hydrogen) atoms. The van der Waals surface area contributed by atoms with Crippen LogP contribution in [0.5, 0.6) is 0 Å². The topological polar surface area (TPSA) is 44.4 Å². The lowest BCUT2D eigenvalue weighted by Gasteiger charge is -2.44. The predicted molar refractivity (Wildman–Crippen MR) is 98.5 cm³/mol. The van der Waals surface area contributed by atoms with E-state index in [1.165, 1.54) is 0 Å². The second-order valence-electron chi connectivity index (χ2n) is 6.71. The second-order valence-corrected chi connectivity index (χ2v) is 7.54. The quantitative estimate of drug-likeness (QED) is 0.798. The molecule has 0 unspecified atom stereocenters. The van der Waals surface area contributed by atoms with Crippen molar-refractivity contribution in [3.63, 3.8) is 0 Å². The SMILES string of the molecule is C[C@H]1CC(C)(C)NC(=S)N1CCC(=O)NCc1ccc(Cl)cc1. The van der Waals surface area contributed by atoms with E-state index in [-0.39, 0.29) is 11.4 Å². The normalized spacial score (nSPS) is 20.1. The van der Waals surface area contributed by atoms with Gasteiger partial charge in [0, 0.05) is 36.1 Å². The Bertz CT molecular complexity index is 574. The zero-order valence-corrected chi connectivity index (χ0v) is 15.4. The highest BCUT2D eigenvalue weighted by atomic mass is 35.5. The zero-order chi connectivity index (χ0) is 17.0.